The zero-order chi connectivity index (χ0) is 27.8. The van der Waals surface area contributed by atoms with Crippen LogP contribution in [0.25, 0.3) is 11.0 Å². The van der Waals surface area contributed by atoms with Crippen LogP contribution in [0.3, 0.4) is 0 Å². The van der Waals surface area contributed by atoms with Crippen LogP contribution < -0.4 is 20.2 Å². The lowest BCUT2D eigenvalue weighted by atomic mass is 10.1. The Hall–Kier alpha value is -3.72. The van der Waals surface area contributed by atoms with Crippen molar-refractivity contribution in [2.24, 2.45) is 0 Å². The van der Waals surface area contributed by atoms with E-state index in [4.69, 9.17) is 25.5 Å². The van der Waals surface area contributed by atoms with E-state index in [-0.39, 0.29) is 43.8 Å². The number of hydrogen-bond donors (Lipinski definition) is 1. The predicted octanol–water partition coefficient (Wildman–Crippen LogP) is 5.32. The molecule has 3 amide bonds. The molecule has 0 saturated heterocycles. The molecular formula is C29H34ClN3O6. The van der Waals surface area contributed by atoms with E-state index < -0.39 is 0 Å². The van der Waals surface area contributed by atoms with Gasteiger partial charge in [-0.05, 0) is 48.7 Å². The molecule has 1 aliphatic heterocycles. The minimum atomic E-state index is -0.292. The second kappa shape index (κ2) is 13.4. The summed E-state index contributed by atoms with van der Waals surface area (Å²) >= 11 is 6.12. The van der Waals surface area contributed by atoms with Crippen molar-refractivity contribution < 1.29 is 23.5 Å². The summed E-state index contributed by atoms with van der Waals surface area (Å²) < 4.78 is 16.6. The number of halogens is 1. The van der Waals surface area contributed by atoms with Crippen molar-refractivity contribution in [1.82, 2.24) is 15.1 Å². The Kier molecular flexibility index (Phi) is 9.70. The summed E-state index contributed by atoms with van der Waals surface area (Å²) in [7, 11) is 0. The Morgan fingerprint density at radius 3 is 2.56 bits per heavy atom. The minimum absolute atomic E-state index is 0.00284. The number of nitrogens with zero attached hydrogens (tertiary/aromatic N) is 2. The van der Waals surface area contributed by atoms with Gasteiger partial charge in [0.25, 0.3) is 0 Å². The lowest BCUT2D eigenvalue weighted by Gasteiger charge is -2.28. The van der Waals surface area contributed by atoms with Crippen molar-refractivity contribution in [2.45, 2.75) is 52.6 Å². The first-order chi connectivity index (χ1) is 18.9. The first-order valence-electron chi connectivity index (χ1n) is 13.3. The maximum absolute atomic E-state index is 13.7. The highest BCUT2D eigenvalue weighted by Crippen LogP contribution is 2.33. The molecule has 0 spiro atoms. The van der Waals surface area contributed by atoms with Crippen molar-refractivity contribution in [3.63, 3.8) is 0 Å². The van der Waals surface area contributed by atoms with Gasteiger partial charge in [-0.1, -0.05) is 44.4 Å². The van der Waals surface area contributed by atoms with E-state index in [1.807, 2.05) is 19.1 Å². The van der Waals surface area contributed by atoms with Crippen molar-refractivity contribution in [1.29, 1.82) is 0 Å². The molecule has 9 nitrogen and oxygen atoms in total. The third-order valence-electron chi connectivity index (χ3n) is 6.53. The number of hydrogen-bond acceptors (Lipinski definition) is 6. The van der Waals surface area contributed by atoms with Crippen molar-refractivity contribution in [3.05, 3.63) is 69.0 Å². The third kappa shape index (κ3) is 7.23. The van der Waals surface area contributed by atoms with Crippen LogP contribution in [0.1, 0.15) is 50.7 Å². The van der Waals surface area contributed by atoms with Crippen molar-refractivity contribution in [2.75, 3.05) is 26.4 Å². The van der Waals surface area contributed by atoms with Gasteiger partial charge in [0.15, 0.2) is 16.9 Å². The predicted molar refractivity (Wildman–Crippen MR) is 149 cm³/mol. The van der Waals surface area contributed by atoms with Gasteiger partial charge in [0.1, 0.15) is 12.1 Å². The number of ether oxygens (including phenoxy) is 2. The molecule has 1 aromatic heterocycles. The second-order valence-corrected chi connectivity index (χ2v) is 9.96. The zero-order valence-corrected chi connectivity index (χ0v) is 23.1. The van der Waals surface area contributed by atoms with Gasteiger partial charge in [0.2, 0.25) is 12.7 Å². The molecule has 2 aromatic carbocycles. The maximum Gasteiger partial charge on any atom is 0.317 e. The average Bonchev–Trinajstić information content (AvgIpc) is 3.40. The number of carbonyl (C=O) groups is 2. The van der Waals surface area contributed by atoms with Gasteiger partial charge in [-0.25, -0.2) is 4.79 Å². The van der Waals surface area contributed by atoms with E-state index in [1.54, 1.807) is 29.2 Å². The van der Waals surface area contributed by atoms with Gasteiger partial charge >= 0.3 is 6.03 Å². The Morgan fingerprint density at radius 2 is 1.77 bits per heavy atom. The monoisotopic (exact) mass is 555 g/mol. The summed E-state index contributed by atoms with van der Waals surface area (Å²) in [4.78, 5) is 43.0. The molecule has 4 rings (SSSR count). The normalized spacial score (nSPS) is 12.0. The molecule has 0 saturated carbocycles. The summed E-state index contributed by atoms with van der Waals surface area (Å²) in [6.45, 7) is 5.30. The van der Waals surface area contributed by atoms with Gasteiger partial charge < -0.3 is 29.0 Å². The van der Waals surface area contributed by atoms with E-state index >= 15 is 0 Å². The van der Waals surface area contributed by atoms with E-state index in [1.165, 1.54) is 11.2 Å². The lowest BCUT2D eigenvalue weighted by molar-refractivity contribution is -0.133. The molecule has 0 fully saturated rings. The summed E-state index contributed by atoms with van der Waals surface area (Å²) in [6.07, 6.45) is 4.85. The highest BCUT2D eigenvalue weighted by molar-refractivity contribution is 6.31. The minimum Gasteiger partial charge on any atom is -0.464 e. The second-order valence-electron chi connectivity index (χ2n) is 9.53. The fourth-order valence-corrected chi connectivity index (χ4v) is 4.47. The average molecular weight is 556 g/mol. The van der Waals surface area contributed by atoms with Crippen LogP contribution >= 0.6 is 11.6 Å². The third-order valence-corrected chi connectivity index (χ3v) is 6.77. The quantitative estimate of drug-likeness (QED) is 0.304. The number of amides is 3. The summed E-state index contributed by atoms with van der Waals surface area (Å²) in [5, 5.41) is 3.67. The van der Waals surface area contributed by atoms with Gasteiger partial charge in [-0.3, -0.25) is 9.59 Å². The number of benzene rings is 2. The van der Waals surface area contributed by atoms with E-state index in [9.17, 15) is 14.4 Å². The highest BCUT2D eigenvalue weighted by Gasteiger charge is 2.24. The standard InChI is InChI=1S/C29H34ClN3O6/c1-3-5-11-31-29(36)32(12-6-4-2)17-27(34)33(15-20-7-9-25-26(13-20)39-19-38-25)16-21-18-37-24-10-8-22(30)14-23(24)28(21)35/h7-10,13-14,18H,3-6,11-12,15-17,19H2,1-2H3,(H,31,36). The van der Waals surface area contributed by atoms with E-state index in [0.717, 1.165) is 31.2 Å². The topological polar surface area (TPSA) is 101 Å². The molecular weight excluding hydrogens is 522 g/mol. The molecule has 3 aromatic rings. The van der Waals surface area contributed by atoms with Crippen LogP contribution in [0.5, 0.6) is 11.5 Å². The van der Waals surface area contributed by atoms with Crippen molar-refractivity contribution in [3.8, 4) is 11.5 Å². The fourth-order valence-electron chi connectivity index (χ4n) is 4.30. The fraction of sp³-hybridized carbons (Fsp3) is 0.414. The molecule has 10 heteroatoms. The molecule has 208 valence electrons. The SMILES string of the molecule is CCCCNC(=O)N(CCCC)CC(=O)N(Cc1ccc2c(c1)OCO2)Cc1coc2ccc(Cl)cc2c1=O. The van der Waals surface area contributed by atoms with Crippen LogP contribution in [0.2, 0.25) is 5.02 Å². The summed E-state index contributed by atoms with van der Waals surface area (Å²) in [5.41, 5.74) is 1.26. The molecule has 0 radical (unpaired) electrons. The number of nitrogens with one attached hydrogen (secondary N) is 1. The number of carbonyl (C=O) groups excluding carboxylic acids is 2. The largest absolute Gasteiger partial charge is 0.464 e. The molecule has 0 unspecified atom stereocenters. The molecule has 1 N–H and O–H groups in total. The van der Waals surface area contributed by atoms with Gasteiger partial charge in [-0.2, -0.15) is 0 Å². The zero-order valence-electron chi connectivity index (χ0n) is 22.3. The smallest absolute Gasteiger partial charge is 0.317 e. The molecule has 1 aliphatic rings. The first kappa shape index (κ1) is 28.3. The van der Waals surface area contributed by atoms with E-state index in [2.05, 4.69) is 12.2 Å². The molecule has 0 aliphatic carbocycles. The lowest BCUT2D eigenvalue weighted by Crippen LogP contribution is -2.47. The van der Waals surface area contributed by atoms with E-state index in [0.29, 0.717) is 46.1 Å². The maximum atomic E-state index is 13.7. The molecule has 39 heavy (non-hydrogen) atoms. The van der Waals surface area contributed by atoms with Crippen LogP contribution in [0, 0.1) is 0 Å². The Bertz CT molecular complexity index is 1370. The van der Waals surface area contributed by atoms with Crippen LogP contribution in [-0.2, 0) is 17.9 Å². The number of rotatable bonds is 12. The van der Waals surface area contributed by atoms with Gasteiger partial charge in [-0.15, -0.1) is 0 Å². The highest BCUT2D eigenvalue weighted by atomic mass is 35.5. The van der Waals surface area contributed by atoms with Gasteiger partial charge in [0.05, 0.1) is 23.8 Å². The van der Waals surface area contributed by atoms with Gasteiger partial charge in [0, 0.05) is 24.7 Å². The first-order valence-corrected chi connectivity index (χ1v) is 13.7. The summed E-state index contributed by atoms with van der Waals surface area (Å²) in [6, 6.07) is 10.0. The van der Waals surface area contributed by atoms with Crippen LogP contribution in [-0.4, -0.2) is 48.2 Å². The molecule has 2 heterocycles. The molecule has 0 atom stereocenters. The summed E-state index contributed by atoms with van der Waals surface area (Å²) in [5.74, 6) is 0.942. The molecule has 0 bridgehead atoms. The van der Waals surface area contributed by atoms with Crippen LogP contribution in [0.4, 0.5) is 4.79 Å². The number of fused-ring (bicyclic) bond motifs is 2. The Labute approximate surface area is 232 Å². The van der Waals surface area contributed by atoms with Crippen LogP contribution in [0.15, 0.2) is 51.9 Å². The number of urea groups is 1. The Morgan fingerprint density at radius 1 is 0.974 bits per heavy atom. The Balaban J connectivity index is 1.60. The number of unbranched alkanes of at least 4 members (excludes halogenated alkanes) is 2. The van der Waals surface area contributed by atoms with Crippen molar-refractivity contribution >= 4 is 34.5 Å².